The molecule has 0 bridgehead atoms. The fraction of sp³-hybridized carbons (Fsp3) is 0.533. The topological polar surface area (TPSA) is 79.3 Å². The smallest absolute Gasteiger partial charge is 0.305 e. The Labute approximate surface area is 118 Å². The molecular weight excluding hydrogens is 256 g/mol. The quantitative estimate of drug-likeness (QED) is 0.832. The van der Waals surface area contributed by atoms with Gasteiger partial charge in [0.25, 0.3) is 0 Å². The SMILES string of the molecule is O=C(O)CC1(NC(=O)CCc2cccnc2)CCCC1. The fourth-order valence-electron chi connectivity index (χ4n) is 2.85. The second-order valence-corrected chi connectivity index (χ2v) is 5.47. The molecule has 1 aromatic rings. The molecule has 0 unspecified atom stereocenters. The van der Waals surface area contributed by atoms with Crippen molar-refractivity contribution >= 4 is 11.9 Å². The first-order valence-electron chi connectivity index (χ1n) is 7.01. The molecule has 108 valence electrons. The molecule has 0 aromatic carbocycles. The zero-order valence-corrected chi connectivity index (χ0v) is 11.5. The van der Waals surface area contributed by atoms with Crippen LogP contribution in [0.4, 0.5) is 0 Å². The van der Waals surface area contributed by atoms with E-state index in [0.717, 1.165) is 31.2 Å². The van der Waals surface area contributed by atoms with Crippen LogP contribution in [0.15, 0.2) is 24.5 Å². The summed E-state index contributed by atoms with van der Waals surface area (Å²) in [5, 5.41) is 12.0. The Kier molecular flexibility index (Phi) is 4.71. The van der Waals surface area contributed by atoms with Crippen molar-refractivity contribution in [3.05, 3.63) is 30.1 Å². The van der Waals surface area contributed by atoms with Crippen LogP contribution in [0.5, 0.6) is 0 Å². The Morgan fingerprint density at radius 1 is 1.35 bits per heavy atom. The van der Waals surface area contributed by atoms with Gasteiger partial charge >= 0.3 is 5.97 Å². The van der Waals surface area contributed by atoms with Crippen molar-refractivity contribution in [2.24, 2.45) is 0 Å². The van der Waals surface area contributed by atoms with Gasteiger partial charge in [0, 0.05) is 18.8 Å². The highest BCUT2D eigenvalue weighted by atomic mass is 16.4. The Morgan fingerprint density at radius 2 is 2.10 bits per heavy atom. The molecule has 1 amide bonds. The molecule has 20 heavy (non-hydrogen) atoms. The van der Waals surface area contributed by atoms with E-state index in [2.05, 4.69) is 10.3 Å². The Hall–Kier alpha value is -1.91. The zero-order valence-electron chi connectivity index (χ0n) is 11.5. The van der Waals surface area contributed by atoms with Crippen LogP contribution in [-0.4, -0.2) is 27.5 Å². The zero-order chi connectivity index (χ0) is 14.4. The summed E-state index contributed by atoms with van der Waals surface area (Å²) in [7, 11) is 0. The van der Waals surface area contributed by atoms with Gasteiger partial charge in [-0.25, -0.2) is 0 Å². The number of aliphatic carboxylic acids is 1. The molecule has 1 aliphatic carbocycles. The standard InChI is InChI=1S/C15H20N2O3/c18-13(6-5-12-4-3-9-16-11-12)17-15(10-14(19)20)7-1-2-8-15/h3-4,9,11H,1-2,5-8,10H2,(H,17,18)(H,19,20). The maximum Gasteiger partial charge on any atom is 0.305 e. The molecule has 1 heterocycles. The van der Waals surface area contributed by atoms with E-state index in [1.165, 1.54) is 0 Å². The fourth-order valence-corrected chi connectivity index (χ4v) is 2.85. The number of aromatic nitrogens is 1. The average molecular weight is 276 g/mol. The van der Waals surface area contributed by atoms with Crippen LogP contribution in [0.3, 0.4) is 0 Å². The van der Waals surface area contributed by atoms with E-state index in [1.54, 1.807) is 12.4 Å². The highest BCUT2D eigenvalue weighted by molar-refractivity contribution is 5.78. The summed E-state index contributed by atoms with van der Waals surface area (Å²) < 4.78 is 0. The summed E-state index contributed by atoms with van der Waals surface area (Å²) in [6.45, 7) is 0. The van der Waals surface area contributed by atoms with Gasteiger partial charge in [-0.1, -0.05) is 18.9 Å². The Bertz CT molecular complexity index is 467. The molecule has 0 spiro atoms. The van der Waals surface area contributed by atoms with E-state index in [4.69, 9.17) is 5.11 Å². The summed E-state index contributed by atoms with van der Waals surface area (Å²) in [6.07, 6.45) is 7.95. The number of carbonyl (C=O) groups is 2. The molecule has 1 fully saturated rings. The first-order chi connectivity index (χ1) is 9.60. The van der Waals surface area contributed by atoms with E-state index in [0.29, 0.717) is 12.8 Å². The summed E-state index contributed by atoms with van der Waals surface area (Å²) in [4.78, 5) is 27.0. The number of pyridine rings is 1. The number of hydrogen-bond acceptors (Lipinski definition) is 3. The number of rotatable bonds is 6. The lowest BCUT2D eigenvalue weighted by molar-refractivity contribution is -0.139. The summed E-state index contributed by atoms with van der Waals surface area (Å²) >= 11 is 0. The van der Waals surface area contributed by atoms with Crippen molar-refractivity contribution in [2.75, 3.05) is 0 Å². The normalized spacial score (nSPS) is 16.8. The third kappa shape index (κ3) is 4.05. The number of carboxylic acid groups (broad SMARTS) is 1. The van der Waals surface area contributed by atoms with Crippen molar-refractivity contribution in [1.82, 2.24) is 10.3 Å². The molecule has 0 aliphatic heterocycles. The Morgan fingerprint density at radius 3 is 2.70 bits per heavy atom. The van der Waals surface area contributed by atoms with Gasteiger partial charge in [-0.2, -0.15) is 0 Å². The maximum atomic E-state index is 12.0. The van der Waals surface area contributed by atoms with Crippen LogP contribution in [-0.2, 0) is 16.0 Å². The van der Waals surface area contributed by atoms with Gasteiger partial charge in [-0.05, 0) is 30.9 Å². The average Bonchev–Trinajstić information content (AvgIpc) is 2.85. The lowest BCUT2D eigenvalue weighted by atomic mass is 9.93. The number of hydrogen-bond donors (Lipinski definition) is 2. The molecule has 5 heteroatoms. The number of aryl methyl sites for hydroxylation is 1. The van der Waals surface area contributed by atoms with Crippen LogP contribution in [0, 0.1) is 0 Å². The molecule has 0 saturated heterocycles. The highest BCUT2D eigenvalue weighted by Crippen LogP contribution is 2.32. The first-order valence-corrected chi connectivity index (χ1v) is 7.01. The van der Waals surface area contributed by atoms with Crippen LogP contribution in [0.1, 0.15) is 44.1 Å². The van der Waals surface area contributed by atoms with E-state index >= 15 is 0 Å². The molecule has 1 aliphatic rings. The molecule has 1 saturated carbocycles. The number of carbonyl (C=O) groups excluding carboxylic acids is 1. The van der Waals surface area contributed by atoms with Gasteiger partial charge in [-0.3, -0.25) is 14.6 Å². The molecule has 0 atom stereocenters. The maximum absolute atomic E-state index is 12.0. The van der Waals surface area contributed by atoms with E-state index in [-0.39, 0.29) is 12.3 Å². The minimum Gasteiger partial charge on any atom is -0.481 e. The Balaban J connectivity index is 1.87. The monoisotopic (exact) mass is 276 g/mol. The summed E-state index contributed by atoms with van der Waals surface area (Å²) in [6, 6.07) is 3.78. The first kappa shape index (κ1) is 14.5. The van der Waals surface area contributed by atoms with E-state index in [9.17, 15) is 9.59 Å². The number of nitrogens with one attached hydrogen (secondary N) is 1. The van der Waals surface area contributed by atoms with Crippen molar-refractivity contribution in [1.29, 1.82) is 0 Å². The number of carboxylic acids is 1. The molecule has 2 rings (SSSR count). The predicted molar refractivity (Wildman–Crippen MR) is 74.2 cm³/mol. The minimum absolute atomic E-state index is 0.0195. The van der Waals surface area contributed by atoms with Gasteiger partial charge in [0.1, 0.15) is 0 Å². The van der Waals surface area contributed by atoms with Gasteiger partial charge in [0.05, 0.1) is 12.0 Å². The summed E-state index contributed by atoms with van der Waals surface area (Å²) in [5.41, 5.74) is 0.485. The van der Waals surface area contributed by atoms with E-state index < -0.39 is 11.5 Å². The van der Waals surface area contributed by atoms with Crippen LogP contribution < -0.4 is 5.32 Å². The van der Waals surface area contributed by atoms with E-state index in [1.807, 2.05) is 12.1 Å². The third-order valence-corrected chi connectivity index (χ3v) is 3.82. The van der Waals surface area contributed by atoms with Crippen molar-refractivity contribution in [2.45, 2.75) is 50.5 Å². The lowest BCUT2D eigenvalue weighted by Crippen LogP contribution is -2.47. The van der Waals surface area contributed by atoms with Crippen molar-refractivity contribution in [3.8, 4) is 0 Å². The predicted octanol–water partition coefficient (Wildman–Crippen LogP) is 1.92. The second kappa shape index (κ2) is 6.50. The van der Waals surface area contributed by atoms with Gasteiger partial charge in [-0.15, -0.1) is 0 Å². The van der Waals surface area contributed by atoms with Gasteiger partial charge < -0.3 is 10.4 Å². The highest BCUT2D eigenvalue weighted by Gasteiger charge is 2.37. The van der Waals surface area contributed by atoms with Gasteiger partial charge in [0.2, 0.25) is 5.91 Å². The lowest BCUT2D eigenvalue weighted by Gasteiger charge is -2.28. The molecule has 1 aromatic heterocycles. The molecular formula is C15H20N2O3. The molecule has 0 radical (unpaired) electrons. The molecule has 2 N–H and O–H groups in total. The molecule has 5 nitrogen and oxygen atoms in total. The number of amides is 1. The minimum atomic E-state index is -0.848. The van der Waals surface area contributed by atoms with Crippen LogP contribution in [0.25, 0.3) is 0 Å². The van der Waals surface area contributed by atoms with Crippen LogP contribution >= 0.6 is 0 Å². The second-order valence-electron chi connectivity index (χ2n) is 5.47. The van der Waals surface area contributed by atoms with Crippen molar-refractivity contribution < 1.29 is 14.7 Å². The number of nitrogens with zero attached hydrogens (tertiary/aromatic N) is 1. The van der Waals surface area contributed by atoms with Crippen molar-refractivity contribution in [3.63, 3.8) is 0 Å². The third-order valence-electron chi connectivity index (χ3n) is 3.82. The van der Waals surface area contributed by atoms with Crippen LogP contribution in [0.2, 0.25) is 0 Å². The summed E-state index contributed by atoms with van der Waals surface area (Å²) in [5.74, 6) is -0.920. The van der Waals surface area contributed by atoms with Gasteiger partial charge in [0.15, 0.2) is 0 Å². The largest absolute Gasteiger partial charge is 0.481 e.